The first kappa shape index (κ1) is 21.0. The number of carboxylic acids is 1. The molecule has 0 radical (unpaired) electrons. The first-order valence-corrected chi connectivity index (χ1v) is 10.7. The third kappa shape index (κ3) is 4.73. The maximum atomic E-state index is 11.1. The van der Waals surface area contributed by atoms with Crippen molar-refractivity contribution < 1.29 is 14.6 Å². The number of halogens is 1. The monoisotopic (exact) mass is 451 g/mol. The third-order valence-corrected chi connectivity index (χ3v) is 5.83. The van der Waals surface area contributed by atoms with E-state index in [1.807, 2.05) is 53.1 Å². The third-order valence-electron chi connectivity index (χ3n) is 4.60. The highest BCUT2D eigenvalue weighted by Gasteiger charge is 2.17. The van der Waals surface area contributed by atoms with Crippen LogP contribution in [0.15, 0.2) is 78.0 Å². The molecule has 1 aromatic heterocycles. The quantitative estimate of drug-likeness (QED) is 0.369. The van der Waals surface area contributed by atoms with Crippen LogP contribution in [0, 0.1) is 0 Å². The van der Waals surface area contributed by atoms with E-state index in [1.165, 1.54) is 11.8 Å². The first-order valence-electron chi connectivity index (χ1n) is 9.36. The Kier molecular flexibility index (Phi) is 6.25. The van der Waals surface area contributed by atoms with Gasteiger partial charge in [-0.1, -0.05) is 53.7 Å². The van der Waals surface area contributed by atoms with E-state index in [1.54, 1.807) is 31.4 Å². The number of hydrogen-bond acceptors (Lipinski definition) is 5. The summed E-state index contributed by atoms with van der Waals surface area (Å²) in [5.41, 5.74) is 2.96. The van der Waals surface area contributed by atoms with Crippen molar-refractivity contribution in [2.24, 2.45) is 0 Å². The lowest BCUT2D eigenvalue weighted by Crippen LogP contribution is -2.00. The number of aromatic carboxylic acids is 1. The maximum Gasteiger partial charge on any atom is 0.335 e. The van der Waals surface area contributed by atoms with E-state index >= 15 is 0 Å². The Labute approximate surface area is 188 Å². The Morgan fingerprint density at radius 3 is 2.55 bits per heavy atom. The van der Waals surface area contributed by atoms with Gasteiger partial charge < -0.3 is 9.84 Å². The summed E-state index contributed by atoms with van der Waals surface area (Å²) in [5, 5.41) is 19.2. The Bertz CT molecular complexity index is 1220. The largest absolute Gasteiger partial charge is 0.497 e. The number of nitrogens with zero attached hydrogens (tertiary/aromatic N) is 3. The van der Waals surface area contributed by atoms with Crippen molar-refractivity contribution in [3.8, 4) is 22.8 Å². The van der Waals surface area contributed by atoms with Crippen LogP contribution in [-0.2, 0) is 5.75 Å². The van der Waals surface area contributed by atoms with E-state index in [0.717, 1.165) is 22.6 Å². The molecule has 0 aliphatic rings. The standard InChI is InChI=1S/C23H18ClN3O3S/c1-30-20-7-2-4-17(12-20)21-25-26-23(27(21)19-6-3-5-18(24)13-19)31-14-15-8-10-16(11-9-15)22(28)29/h2-13H,14H2,1H3,(H,28,29). The first-order chi connectivity index (χ1) is 15.0. The molecule has 6 nitrogen and oxygen atoms in total. The second-order valence-electron chi connectivity index (χ2n) is 6.64. The number of methoxy groups -OCH3 is 1. The highest BCUT2D eigenvalue weighted by molar-refractivity contribution is 7.98. The van der Waals surface area contributed by atoms with Crippen LogP contribution in [0.25, 0.3) is 17.1 Å². The minimum Gasteiger partial charge on any atom is -0.497 e. The fourth-order valence-corrected chi connectivity index (χ4v) is 4.14. The van der Waals surface area contributed by atoms with E-state index in [2.05, 4.69) is 10.2 Å². The molecule has 3 aromatic carbocycles. The second kappa shape index (κ2) is 9.24. The minimum atomic E-state index is -0.942. The number of carboxylic acid groups (broad SMARTS) is 1. The molecule has 0 saturated carbocycles. The molecule has 0 amide bonds. The summed E-state index contributed by atoms with van der Waals surface area (Å²) in [4.78, 5) is 11.1. The average molecular weight is 452 g/mol. The van der Waals surface area contributed by atoms with Gasteiger partial charge in [-0.05, 0) is 48.0 Å². The van der Waals surface area contributed by atoms with Gasteiger partial charge >= 0.3 is 5.97 Å². The lowest BCUT2D eigenvalue weighted by atomic mass is 10.1. The van der Waals surface area contributed by atoms with Gasteiger partial charge in [0.1, 0.15) is 5.75 Å². The molecule has 1 N–H and O–H groups in total. The molecule has 31 heavy (non-hydrogen) atoms. The van der Waals surface area contributed by atoms with Gasteiger partial charge in [-0.15, -0.1) is 10.2 Å². The van der Waals surface area contributed by atoms with Gasteiger partial charge in [-0.3, -0.25) is 4.57 Å². The van der Waals surface area contributed by atoms with Crippen LogP contribution in [0.4, 0.5) is 0 Å². The molecule has 0 aliphatic carbocycles. The highest BCUT2D eigenvalue weighted by atomic mass is 35.5. The summed E-state index contributed by atoms with van der Waals surface area (Å²) in [6.45, 7) is 0. The van der Waals surface area contributed by atoms with Crippen LogP contribution in [0.2, 0.25) is 5.02 Å². The molecule has 0 saturated heterocycles. The summed E-state index contributed by atoms with van der Waals surface area (Å²) in [6.07, 6.45) is 0. The van der Waals surface area contributed by atoms with Gasteiger partial charge in [0.25, 0.3) is 0 Å². The van der Waals surface area contributed by atoms with Crippen LogP contribution >= 0.6 is 23.4 Å². The number of thioether (sulfide) groups is 1. The molecule has 0 atom stereocenters. The molecule has 0 unspecified atom stereocenters. The van der Waals surface area contributed by atoms with Gasteiger partial charge in [0.15, 0.2) is 11.0 Å². The van der Waals surface area contributed by atoms with E-state index in [0.29, 0.717) is 21.8 Å². The fraction of sp³-hybridized carbons (Fsp3) is 0.0870. The van der Waals surface area contributed by atoms with Gasteiger partial charge in [0.2, 0.25) is 0 Å². The van der Waals surface area contributed by atoms with Crippen molar-refractivity contribution >= 4 is 29.3 Å². The van der Waals surface area contributed by atoms with Crippen LogP contribution in [0.1, 0.15) is 15.9 Å². The van der Waals surface area contributed by atoms with E-state index in [4.69, 9.17) is 21.4 Å². The SMILES string of the molecule is COc1cccc(-c2nnc(SCc3ccc(C(=O)O)cc3)n2-c2cccc(Cl)c2)c1. The smallest absolute Gasteiger partial charge is 0.335 e. The van der Waals surface area contributed by atoms with Crippen molar-refractivity contribution in [2.45, 2.75) is 10.9 Å². The number of carbonyl (C=O) groups is 1. The van der Waals surface area contributed by atoms with Crippen molar-refractivity contribution in [1.82, 2.24) is 14.8 Å². The normalized spacial score (nSPS) is 10.8. The Hall–Kier alpha value is -3.29. The summed E-state index contributed by atoms with van der Waals surface area (Å²) >= 11 is 7.75. The summed E-state index contributed by atoms with van der Waals surface area (Å²) in [6, 6.07) is 22.0. The molecule has 4 aromatic rings. The molecule has 0 spiro atoms. The topological polar surface area (TPSA) is 77.2 Å². The number of aromatic nitrogens is 3. The van der Waals surface area contributed by atoms with Gasteiger partial charge in [-0.2, -0.15) is 0 Å². The number of rotatable bonds is 7. The highest BCUT2D eigenvalue weighted by Crippen LogP contribution is 2.31. The molecule has 156 valence electrons. The molecule has 0 fully saturated rings. The minimum absolute atomic E-state index is 0.260. The molecule has 8 heteroatoms. The zero-order chi connectivity index (χ0) is 21.8. The molecule has 0 aliphatic heterocycles. The summed E-state index contributed by atoms with van der Waals surface area (Å²) in [5.74, 6) is 1.06. The lowest BCUT2D eigenvalue weighted by molar-refractivity contribution is 0.0697. The maximum absolute atomic E-state index is 11.1. The molecular formula is C23H18ClN3O3S. The van der Waals surface area contributed by atoms with Gasteiger partial charge in [0, 0.05) is 16.3 Å². The van der Waals surface area contributed by atoms with E-state index in [-0.39, 0.29) is 5.56 Å². The Balaban J connectivity index is 1.70. The molecule has 0 bridgehead atoms. The van der Waals surface area contributed by atoms with Crippen molar-refractivity contribution in [2.75, 3.05) is 7.11 Å². The predicted octanol–water partition coefficient (Wildman–Crippen LogP) is 5.59. The Morgan fingerprint density at radius 1 is 1.06 bits per heavy atom. The average Bonchev–Trinajstić information content (AvgIpc) is 3.22. The number of hydrogen-bond donors (Lipinski definition) is 1. The van der Waals surface area contributed by atoms with Crippen LogP contribution in [0.3, 0.4) is 0 Å². The van der Waals surface area contributed by atoms with Crippen molar-refractivity contribution in [3.63, 3.8) is 0 Å². The summed E-state index contributed by atoms with van der Waals surface area (Å²) < 4.78 is 7.31. The van der Waals surface area contributed by atoms with Crippen LogP contribution in [0.5, 0.6) is 5.75 Å². The lowest BCUT2D eigenvalue weighted by Gasteiger charge is -2.11. The van der Waals surface area contributed by atoms with Crippen molar-refractivity contribution in [1.29, 1.82) is 0 Å². The van der Waals surface area contributed by atoms with Gasteiger partial charge in [-0.25, -0.2) is 4.79 Å². The zero-order valence-corrected chi connectivity index (χ0v) is 18.1. The number of ether oxygens (including phenoxy) is 1. The molecule has 1 heterocycles. The van der Waals surface area contributed by atoms with E-state index < -0.39 is 5.97 Å². The van der Waals surface area contributed by atoms with Gasteiger partial charge in [0.05, 0.1) is 18.4 Å². The zero-order valence-electron chi connectivity index (χ0n) is 16.5. The Morgan fingerprint density at radius 2 is 1.84 bits per heavy atom. The molecular weight excluding hydrogens is 434 g/mol. The summed E-state index contributed by atoms with van der Waals surface area (Å²) in [7, 11) is 1.62. The van der Waals surface area contributed by atoms with Crippen LogP contribution in [-0.4, -0.2) is 33.0 Å². The second-order valence-corrected chi connectivity index (χ2v) is 8.02. The fourth-order valence-electron chi connectivity index (χ4n) is 3.05. The number of benzene rings is 3. The predicted molar refractivity (Wildman–Crippen MR) is 121 cm³/mol. The van der Waals surface area contributed by atoms with Crippen molar-refractivity contribution in [3.05, 3.63) is 88.9 Å². The van der Waals surface area contributed by atoms with E-state index in [9.17, 15) is 4.79 Å². The van der Waals surface area contributed by atoms with Crippen LogP contribution < -0.4 is 4.74 Å². The molecule has 4 rings (SSSR count).